The second kappa shape index (κ2) is 5.96. The Bertz CT molecular complexity index is 672. The van der Waals surface area contributed by atoms with Crippen molar-refractivity contribution in [2.24, 2.45) is 5.10 Å². The Balaban J connectivity index is 2.19. The number of nitrogens with zero attached hydrogens (tertiary/aromatic N) is 3. The van der Waals surface area contributed by atoms with E-state index in [4.69, 9.17) is 12.2 Å². The molecule has 1 aromatic heterocycles. The fourth-order valence-corrected chi connectivity index (χ4v) is 1.89. The molecule has 0 amide bonds. The Labute approximate surface area is 123 Å². The summed E-state index contributed by atoms with van der Waals surface area (Å²) in [5, 5.41) is 11.4. The highest BCUT2D eigenvalue weighted by molar-refractivity contribution is 7.71. The number of hydrogen-bond acceptors (Lipinski definition) is 3. The van der Waals surface area contributed by atoms with Gasteiger partial charge in [-0.25, -0.2) is 0 Å². The number of aromatic amines is 1. The normalized spacial score (nSPS) is 12.6. The first-order chi connectivity index (χ1) is 9.48. The highest BCUT2D eigenvalue weighted by Gasteiger charge is 2.21. The SMILES string of the molecule is CC(C)(C)c1n[nH]c(=S)n1/N=C\C=C\c1ccccc1. The minimum absolute atomic E-state index is 0.117. The summed E-state index contributed by atoms with van der Waals surface area (Å²) in [5.41, 5.74) is 1.01. The van der Waals surface area contributed by atoms with Crippen LogP contribution in [0.3, 0.4) is 0 Å². The summed E-state index contributed by atoms with van der Waals surface area (Å²) in [4.78, 5) is 0. The third kappa shape index (κ3) is 3.51. The molecule has 5 heteroatoms. The summed E-state index contributed by atoms with van der Waals surface area (Å²) < 4.78 is 2.16. The summed E-state index contributed by atoms with van der Waals surface area (Å²) in [6.45, 7) is 6.22. The number of rotatable bonds is 3. The highest BCUT2D eigenvalue weighted by Crippen LogP contribution is 2.19. The van der Waals surface area contributed by atoms with Crippen LogP contribution >= 0.6 is 12.2 Å². The number of H-pyrrole nitrogens is 1. The van der Waals surface area contributed by atoms with Crippen LogP contribution < -0.4 is 0 Å². The molecular weight excluding hydrogens is 268 g/mol. The second-order valence-corrected chi connectivity index (χ2v) is 5.84. The van der Waals surface area contributed by atoms with Crippen LogP contribution in [0, 0.1) is 4.77 Å². The van der Waals surface area contributed by atoms with Gasteiger partial charge in [-0.1, -0.05) is 57.2 Å². The molecule has 0 aliphatic rings. The summed E-state index contributed by atoms with van der Waals surface area (Å²) in [5.74, 6) is 0.812. The molecule has 0 aliphatic heterocycles. The molecule has 0 bridgehead atoms. The Hall–Kier alpha value is -2.01. The van der Waals surface area contributed by atoms with Crippen molar-refractivity contribution in [3.63, 3.8) is 0 Å². The van der Waals surface area contributed by atoms with Crippen LogP contribution in [0.1, 0.15) is 32.2 Å². The van der Waals surface area contributed by atoms with Gasteiger partial charge >= 0.3 is 0 Å². The van der Waals surface area contributed by atoms with E-state index in [1.54, 1.807) is 10.9 Å². The van der Waals surface area contributed by atoms with Crippen LogP contribution in [0.25, 0.3) is 6.08 Å². The van der Waals surface area contributed by atoms with Crippen LogP contribution in [-0.2, 0) is 5.41 Å². The first-order valence-corrected chi connectivity index (χ1v) is 6.83. The maximum Gasteiger partial charge on any atom is 0.216 e. The van der Waals surface area contributed by atoms with Gasteiger partial charge in [0.1, 0.15) is 0 Å². The summed E-state index contributed by atoms with van der Waals surface area (Å²) >= 11 is 5.19. The lowest BCUT2D eigenvalue weighted by Crippen LogP contribution is -2.17. The number of aromatic nitrogens is 3. The number of allylic oxidation sites excluding steroid dienone is 1. The van der Waals surface area contributed by atoms with Gasteiger partial charge in [-0.15, -0.1) is 0 Å². The molecule has 20 heavy (non-hydrogen) atoms. The summed E-state index contributed by atoms with van der Waals surface area (Å²) in [6.07, 6.45) is 5.59. The number of benzene rings is 1. The van der Waals surface area contributed by atoms with Crippen molar-refractivity contribution >= 4 is 24.5 Å². The third-order valence-corrected chi connectivity index (χ3v) is 2.94. The molecule has 0 atom stereocenters. The zero-order valence-corrected chi connectivity index (χ0v) is 12.7. The van der Waals surface area contributed by atoms with Crippen LogP contribution in [0.15, 0.2) is 41.5 Å². The van der Waals surface area contributed by atoms with Gasteiger partial charge in [-0.3, -0.25) is 5.10 Å². The summed E-state index contributed by atoms with van der Waals surface area (Å²) in [7, 11) is 0. The van der Waals surface area contributed by atoms with Crippen molar-refractivity contribution in [3.8, 4) is 0 Å². The highest BCUT2D eigenvalue weighted by atomic mass is 32.1. The van der Waals surface area contributed by atoms with E-state index in [0.29, 0.717) is 4.77 Å². The molecule has 1 heterocycles. The van der Waals surface area contributed by atoms with Crippen LogP contribution in [0.4, 0.5) is 0 Å². The Kier molecular flexibility index (Phi) is 4.29. The predicted molar refractivity (Wildman–Crippen MR) is 85.5 cm³/mol. The smallest absolute Gasteiger partial charge is 0.216 e. The van der Waals surface area contributed by atoms with E-state index in [1.165, 1.54) is 0 Å². The lowest BCUT2D eigenvalue weighted by atomic mass is 9.96. The third-order valence-electron chi connectivity index (χ3n) is 2.68. The van der Waals surface area contributed by atoms with Gasteiger partial charge in [-0.2, -0.15) is 14.9 Å². The maximum atomic E-state index is 5.19. The molecule has 0 saturated carbocycles. The maximum absolute atomic E-state index is 5.19. The first-order valence-electron chi connectivity index (χ1n) is 6.42. The van der Waals surface area contributed by atoms with E-state index in [2.05, 4.69) is 36.1 Å². The van der Waals surface area contributed by atoms with E-state index in [9.17, 15) is 0 Å². The lowest BCUT2D eigenvalue weighted by Gasteiger charge is -2.15. The molecule has 2 rings (SSSR count). The topological polar surface area (TPSA) is 46.0 Å². The molecule has 0 unspecified atom stereocenters. The second-order valence-electron chi connectivity index (χ2n) is 5.45. The van der Waals surface area contributed by atoms with Gasteiger partial charge in [0.15, 0.2) is 5.82 Å². The zero-order chi connectivity index (χ0) is 14.6. The fraction of sp³-hybridized carbons (Fsp3) is 0.267. The Morgan fingerprint density at radius 2 is 1.95 bits per heavy atom. The van der Waals surface area contributed by atoms with Crippen molar-refractivity contribution in [1.82, 2.24) is 14.9 Å². The molecule has 1 N–H and O–H groups in total. The molecule has 0 radical (unpaired) electrons. The monoisotopic (exact) mass is 286 g/mol. The average molecular weight is 286 g/mol. The Morgan fingerprint density at radius 1 is 1.25 bits per heavy atom. The molecular formula is C15H18N4S. The Morgan fingerprint density at radius 3 is 2.60 bits per heavy atom. The van der Waals surface area contributed by atoms with Crippen LogP contribution in [0.2, 0.25) is 0 Å². The first kappa shape index (κ1) is 14.4. The van der Waals surface area contributed by atoms with E-state index < -0.39 is 0 Å². The van der Waals surface area contributed by atoms with E-state index >= 15 is 0 Å². The van der Waals surface area contributed by atoms with Crippen LogP contribution in [-0.4, -0.2) is 21.1 Å². The quantitative estimate of drug-likeness (QED) is 0.689. The standard InChI is InChI=1S/C15H18N4S/c1-15(2,3)13-17-18-14(20)19(13)16-11-7-10-12-8-5-4-6-9-12/h4-11H,1-3H3,(H,18,20)/b10-7+,16-11-. The predicted octanol–water partition coefficient (Wildman–Crippen LogP) is 3.79. The van der Waals surface area contributed by atoms with Gasteiger partial charge in [0.2, 0.25) is 4.77 Å². The number of hydrogen-bond donors (Lipinski definition) is 1. The van der Waals surface area contributed by atoms with Gasteiger partial charge in [0, 0.05) is 11.6 Å². The molecule has 1 aromatic carbocycles. The molecule has 0 aliphatic carbocycles. The van der Waals surface area contributed by atoms with Crippen molar-refractivity contribution in [3.05, 3.63) is 52.6 Å². The lowest BCUT2D eigenvalue weighted by molar-refractivity contribution is 0.516. The zero-order valence-electron chi connectivity index (χ0n) is 11.9. The van der Waals surface area contributed by atoms with Gasteiger partial charge in [0.25, 0.3) is 0 Å². The average Bonchev–Trinajstić information content (AvgIpc) is 2.77. The largest absolute Gasteiger partial charge is 0.250 e. The van der Waals surface area contributed by atoms with Gasteiger partial charge in [0.05, 0.1) is 0 Å². The van der Waals surface area contributed by atoms with Crippen molar-refractivity contribution < 1.29 is 0 Å². The van der Waals surface area contributed by atoms with Crippen molar-refractivity contribution in [1.29, 1.82) is 0 Å². The van der Waals surface area contributed by atoms with Gasteiger partial charge < -0.3 is 0 Å². The molecule has 0 spiro atoms. The number of nitrogens with one attached hydrogen (secondary N) is 1. The molecule has 2 aromatic rings. The van der Waals surface area contributed by atoms with E-state index in [0.717, 1.165) is 11.4 Å². The van der Waals surface area contributed by atoms with E-state index in [-0.39, 0.29) is 5.41 Å². The van der Waals surface area contributed by atoms with Crippen molar-refractivity contribution in [2.75, 3.05) is 0 Å². The fourth-order valence-electron chi connectivity index (χ4n) is 1.71. The molecule has 104 valence electrons. The molecule has 4 nitrogen and oxygen atoms in total. The minimum atomic E-state index is -0.117. The van der Waals surface area contributed by atoms with Crippen LogP contribution in [0.5, 0.6) is 0 Å². The molecule has 0 saturated heterocycles. The van der Waals surface area contributed by atoms with E-state index in [1.807, 2.05) is 42.5 Å². The minimum Gasteiger partial charge on any atom is -0.250 e. The van der Waals surface area contributed by atoms with Gasteiger partial charge in [-0.05, 0) is 23.9 Å². The van der Waals surface area contributed by atoms with Crippen molar-refractivity contribution in [2.45, 2.75) is 26.2 Å². The molecule has 0 fully saturated rings. The summed E-state index contributed by atoms with van der Waals surface area (Å²) in [6, 6.07) is 10.1.